The van der Waals surface area contributed by atoms with E-state index in [0.29, 0.717) is 0 Å². The molecule has 2 aromatic heterocycles. The summed E-state index contributed by atoms with van der Waals surface area (Å²) in [5, 5.41) is 0. The monoisotopic (exact) mass is 306 g/mol. The summed E-state index contributed by atoms with van der Waals surface area (Å²) in [5.41, 5.74) is 8.35. The molecule has 2 N–H and O–H groups in total. The van der Waals surface area contributed by atoms with Gasteiger partial charge in [0.25, 0.3) is 0 Å². The fourth-order valence-corrected chi connectivity index (χ4v) is 3.54. The van der Waals surface area contributed by atoms with Crippen molar-refractivity contribution in [1.29, 1.82) is 0 Å². The van der Waals surface area contributed by atoms with Crippen LogP contribution in [0.1, 0.15) is 60.3 Å². The maximum atomic E-state index is 3.44. The van der Waals surface area contributed by atoms with Gasteiger partial charge in [-0.15, -0.1) is 0 Å². The van der Waals surface area contributed by atoms with Crippen LogP contribution in [0.3, 0.4) is 0 Å². The third-order valence-electron chi connectivity index (χ3n) is 4.74. The topological polar surface area (TPSA) is 31.6 Å². The number of aryl methyl sites for hydroxylation is 3. The first-order valence-electron chi connectivity index (χ1n) is 8.69. The molecule has 0 spiro atoms. The Kier molecular flexibility index (Phi) is 4.71. The molecule has 0 unspecified atom stereocenters. The van der Waals surface area contributed by atoms with E-state index in [1.54, 1.807) is 0 Å². The highest BCUT2D eigenvalue weighted by Crippen LogP contribution is 2.36. The van der Waals surface area contributed by atoms with Crippen molar-refractivity contribution in [3.8, 4) is 0 Å². The molecule has 0 amide bonds. The van der Waals surface area contributed by atoms with Crippen LogP contribution in [-0.2, 0) is 19.3 Å². The minimum Gasteiger partial charge on any atom is -0.364 e. The quantitative estimate of drug-likeness (QED) is 0.626. The maximum Gasteiger partial charge on any atom is 0.0646 e. The van der Waals surface area contributed by atoms with E-state index in [0.717, 1.165) is 19.3 Å². The largest absolute Gasteiger partial charge is 0.364 e. The molecular formula is C21H26N2. The van der Waals surface area contributed by atoms with E-state index in [2.05, 4.69) is 67.1 Å². The average molecular weight is 306 g/mol. The van der Waals surface area contributed by atoms with Crippen molar-refractivity contribution in [3.05, 3.63) is 82.4 Å². The molecule has 23 heavy (non-hydrogen) atoms. The highest BCUT2D eigenvalue weighted by Gasteiger charge is 2.23. The number of aromatic nitrogens is 2. The van der Waals surface area contributed by atoms with Gasteiger partial charge in [-0.25, -0.2) is 0 Å². The minimum atomic E-state index is 0.246. The molecule has 0 saturated carbocycles. The van der Waals surface area contributed by atoms with E-state index in [-0.39, 0.29) is 5.92 Å². The second-order valence-electron chi connectivity index (χ2n) is 6.07. The maximum absolute atomic E-state index is 3.44. The Morgan fingerprint density at radius 1 is 0.783 bits per heavy atom. The van der Waals surface area contributed by atoms with E-state index in [9.17, 15) is 0 Å². The second-order valence-corrected chi connectivity index (χ2v) is 6.07. The first-order valence-corrected chi connectivity index (χ1v) is 8.69. The molecule has 3 rings (SSSR count). The molecule has 0 atom stereocenters. The van der Waals surface area contributed by atoms with Gasteiger partial charge in [-0.2, -0.15) is 0 Å². The molecule has 0 aliphatic carbocycles. The van der Waals surface area contributed by atoms with Crippen molar-refractivity contribution in [1.82, 2.24) is 9.97 Å². The number of benzene rings is 1. The predicted octanol–water partition coefficient (Wildman–Crippen LogP) is 5.21. The summed E-state index contributed by atoms with van der Waals surface area (Å²) in [6.07, 6.45) is 7.25. The summed E-state index contributed by atoms with van der Waals surface area (Å²) in [5.74, 6) is 0.246. The van der Waals surface area contributed by atoms with Gasteiger partial charge in [0, 0.05) is 23.8 Å². The van der Waals surface area contributed by atoms with Crippen LogP contribution in [0, 0.1) is 0 Å². The molecule has 0 bridgehead atoms. The molecule has 2 heterocycles. The molecular weight excluding hydrogens is 280 g/mol. The van der Waals surface area contributed by atoms with Crippen LogP contribution in [0.2, 0.25) is 0 Å². The van der Waals surface area contributed by atoms with Crippen LogP contribution in [0.4, 0.5) is 0 Å². The predicted molar refractivity (Wildman–Crippen MR) is 97.1 cm³/mol. The van der Waals surface area contributed by atoms with E-state index in [1.165, 1.54) is 33.6 Å². The van der Waals surface area contributed by atoms with E-state index < -0.39 is 0 Å². The Morgan fingerprint density at radius 3 is 1.65 bits per heavy atom. The summed E-state index contributed by atoms with van der Waals surface area (Å²) < 4.78 is 0. The van der Waals surface area contributed by atoms with Crippen LogP contribution >= 0.6 is 0 Å². The van der Waals surface area contributed by atoms with Crippen molar-refractivity contribution in [3.63, 3.8) is 0 Å². The fraction of sp³-hybridized carbons (Fsp3) is 0.333. The first-order chi connectivity index (χ1) is 11.3. The van der Waals surface area contributed by atoms with E-state index in [4.69, 9.17) is 0 Å². The summed E-state index contributed by atoms with van der Waals surface area (Å²) in [6, 6.07) is 13.4. The highest BCUT2D eigenvalue weighted by atomic mass is 14.7. The molecule has 2 nitrogen and oxygen atoms in total. The molecule has 0 fully saturated rings. The minimum absolute atomic E-state index is 0.246. The second kappa shape index (κ2) is 6.91. The summed E-state index contributed by atoms with van der Waals surface area (Å²) in [4.78, 5) is 6.87. The third-order valence-corrected chi connectivity index (χ3v) is 4.74. The van der Waals surface area contributed by atoms with Gasteiger partial charge in [0.1, 0.15) is 0 Å². The Hall–Kier alpha value is -2.22. The SMILES string of the molecule is CCc1cc(CC)c(C(c2ccc[nH]2)c2ccc[nH]2)c(CC)c1. The standard InChI is InChI=1S/C21H26N2/c1-4-15-13-16(5-2)20(17(6-3)14-15)21(18-9-7-11-22-18)19-10-8-12-23-19/h7-14,21-23H,4-6H2,1-3H3. The van der Waals surface area contributed by atoms with Gasteiger partial charge < -0.3 is 9.97 Å². The van der Waals surface area contributed by atoms with Gasteiger partial charge in [0.15, 0.2) is 0 Å². The van der Waals surface area contributed by atoms with Crippen LogP contribution in [0.15, 0.2) is 48.8 Å². The molecule has 120 valence electrons. The number of nitrogens with one attached hydrogen (secondary N) is 2. The van der Waals surface area contributed by atoms with Gasteiger partial charge in [-0.1, -0.05) is 32.9 Å². The third kappa shape index (κ3) is 2.98. The number of rotatable bonds is 6. The summed E-state index contributed by atoms with van der Waals surface area (Å²) in [7, 11) is 0. The molecule has 2 heteroatoms. The number of H-pyrrole nitrogens is 2. The van der Waals surface area contributed by atoms with Crippen molar-refractivity contribution >= 4 is 0 Å². The lowest BCUT2D eigenvalue weighted by molar-refractivity contribution is 0.849. The van der Waals surface area contributed by atoms with Gasteiger partial charge in [0.05, 0.1) is 5.92 Å². The van der Waals surface area contributed by atoms with Crippen molar-refractivity contribution in [2.45, 2.75) is 46.0 Å². The molecule has 1 aromatic carbocycles. The fourth-order valence-electron chi connectivity index (χ4n) is 3.54. The highest BCUT2D eigenvalue weighted by molar-refractivity contribution is 5.49. The first kappa shape index (κ1) is 15.7. The van der Waals surface area contributed by atoms with Crippen LogP contribution in [0.5, 0.6) is 0 Å². The Morgan fingerprint density at radius 2 is 1.30 bits per heavy atom. The lowest BCUT2D eigenvalue weighted by atomic mass is 9.82. The lowest BCUT2D eigenvalue weighted by Crippen LogP contribution is -2.11. The molecule has 0 saturated heterocycles. The van der Waals surface area contributed by atoms with Crippen molar-refractivity contribution in [2.24, 2.45) is 0 Å². The van der Waals surface area contributed by atoms with Crippen LogP contribution < -0.4 is 0 Å². The molecule has 0 aliphatic rings. The van der Waals surface area contributed by atoms with Gasteiger partial charge in [0.2, 0.25) is 0 Å². The average Bonchev–Trinajstić information content (AvgIpc) is 3.29. The van der Waals surface area contributed by atoms with E-state index >= 15 is 0 Å². The zero-order valence-corrected chi connectivity index (χ0v) is 14.3. The summed E-state index contributed by atoms with van der Waals surface area (Å²) in [6.45, 7) is 6.76. The molecule has 3 aromatic rings. The zero-order valence-electron chi connectivity index (χ0n) is 14.3. The Bertz CT molecular complexity index is 677. The van der Waals surface area contributed by atoms with Crippen LogP contribution in [0.25, 0.3) is 0 Å². The molecule has 0 radical (unpaired) electrons. The molecule has 0 aliphatic heterocycles. The van der Waals surface area contributed by atoms with Gasteiger partial charge >= 0.3 is 0 Å². The summed E-state index contributed by atoms with van der Waals surface area (Å²) >= 11 is 0. The number of aromatic amines is 2. The van der Waals surface area contributed by atoms with Crippen molar-refractivity contribution < 1.29 is 0 Å². The smallest absolute Gasteiger partial charge is 0.0646 e. The Balaban J connectivity index is 2.24. The number of hydrogen-bond acceptors (Lipinski definition) is 0. The van der Waals surface area contributed by atoms with E-state index in [1.807, 2.05) is 12.4 Å². The van der Waals surface area contributed by atoms with Gasteiger partial charge in [-0.05, 0) is 65.8 Å². The normalized spacial score (nSPS) is 11.3. The van der Waals surface area contributed by atoms with Crippen molar-refractivity contribution in [2.75, 3.05) is 0 Å². The van der Waals surface area contributed by atoms with Gasteiger partial charge in [-0.3, -0.25) is 0 Å². The Labute approximate surface area is 139 Å². The number of hydrogen-bond donors (Lipinski definition) is 2. The lowest BCUT2D eigenvalue weighted by Gasteiger charge is -2.23. The zero-order chi connectivity index (χ0) is 16.2. The van der Waals surface area contributed by atoms with Crippen LogP contribution in [-0.4, -0.2) is 9.97 Å².